The topological polar surface area (TPSA) is 35.5 Å². The summed E-state index contributed by atoms with van der Waals surface area (Å²) in [7, 11) is -0.356. The van der Waals surface area contributed by atoms with Gasteiger partial charge in [-0.25, -0.2) is 4.57 Å². The summed E-state index contributed by atoms with van der Waals surface area (Å²) in [6.45, 7) is 0. The van der Waals surface area contributed by atoms with Crippen molar-refractivity contribution < 1.29 is 13.8 Å². The number of hydrogen-bond donors (Lipinski definition) is 0. The summed E-state index contributed by atoms with van der Waals surface area (Å²) in [5, 5.41) is 0. The molecule has 2 aromatic carbocycles. The molecule has 0 saturated heterocycles. The highest BCUT2D eigenvalue weighted by atomic mass is 31.1. The Kier molecular flexibility index (Phi) is 3.52. The Bertz CT molecular complexity index is 453. The second-order valence-corrected chi connectivity index (χ2v) is 3.38. The summed E-state index contributed by atoms with van der Waals surface area (Å²) in [6.07, 6.45) is 0. The zero-order valence-corrected chi connectivity index (χ0v) is 9.26. The van der Waals surface area contributed by atoms with Crippen LogP contribution in [0.4, 0.5) is 0 Å². The van der Waals surface area contributed by atoms with Crippen LogP contribution in [0.5, 0.6) is 17.2 Å². The maximum Gasteiger partial charge on any atom is 0.395 e. The first kappa shape index (κ1) is 10.7. The molecule has 2 aromatic rings. The lowest BCUT2D eigenvalue weighted by atomic mass is 10.3. The van der Waals surface area contributed by atoms with Crippen LogP contribution in [0.1, 0.15) is 0 Å². The van der Waals surface area contributed by atoms with Crippen LogP contribution in [0.2, 0.25) is 0 Å². The fourth-order valence-corrected chi connectivity index (χ4v) is 1.44. The van der Waals surface area contributed by atoms with Gasteiger partial charge in [0.2, 0.25) is 0 Å². The van der Waals surface area contributed by atoms with Gasteiger partial charge in [-0.1, -0.05) is 18.2 Å². The highest BCUT2D eigenvalue weighted by Crippen LogP contribution is 2.24. The van der Waals surface area contributed by atoms with E-state index in [1.165, 1.54) is 0 Å². The smallest absolute Gasteiger partial charge is 0.395 e. The Morgan fingerprint density at radius 3 is 1.94 bits per heavy atom. The van der Waals surface area contributed by atoms with E-state index in [1.54, 1.807) is 24.3 Å². The third-order valence-corrected chi connectivity index (χ3v) is 2.23. The largest absolute Gasteiger partial charge is 0.457 e. The van der Waals surface area contributed by atoms with Gasteiger partial charge in [-0.3, -0.25) is 0 Å². The van der Waals surface area contributed by atoms with Crippen molar-refractivity contribution in [3.05, 3.63) is 54.6 Å². The molecule has 0 radical (unpaired) electrons. The van der Waals surface area contributed by atoms with Crippen LogP contribution in [0, 0.1) is 0 Å². The van der Waals surface area contributed by atoms with Crippen LogP contribution < -0.4 is 9.26 Å². The second kappa shape index (κ2) is 5.29. The fourth-order valence-electron chi connectivity index (χ4n) is 1.24. The highest BCUT2D eigenvalue weighted by Gasteiger charge is 1.97. The van der Waals surface area contributed by atoms with Gasteiger partial charge >= 0.3 is 8.69 Å². The third-order valence-electron chi connectivity index (χ3n) is 1.95. The van der Waals surface area contributed by atoms with Crippen molar-refractivity contribution in [3.63, 3.8) is 0 Å². The summed E-state index contributed by atoms with van der Waals surface area (Å²) in [5.41, 5.74) is 0. The summed E-state index contributed by atoms with van der Waals surface area (Å²) in [5.74, 6) is 2.02. The van der Waals surface area contributed by atoms with E-state index >= 15 is 0 Å². The minimum atomic E-state index is -0.356. The van der Waals surface area contributed by atoms with Gasteiger partial charge in [-0.05, 0) is 36.4 Å². The monoisotopic (exact) mass is 232 g/mol. The molecule has 16 heavy (non-hydrogen) atoms. The number of benzene rings is 2. The van der Waals surface area contributed by atoms with E-state index in [2.05, 4.69) is 0 Å². The van der Waals surface area contributed by atoms with E-state index in [-0.39, 0.29) is 8.69 Å². The summed E-state index contributed by atoms with van der Waals surface area (Å²) in [4.78, 5) is 0. The maximum atomic E-state index is 10.2. The van der Waals surface area contributed by atoms with Crippen molar-refractivity contribution >= 4 is 8.69 Å². The number of para-hydroxylation sites is 1. The molecule has 0 fully saturated rings. The van der Waals surface area contributed by atoms with E-state index in [9.17, 15) is 4.57 Å². The van der Waals surface area contributed by atoms with Crippen molar-refractivity contribution in [2.75, 3.05) is 0 Å². The number of rotatable bonds is 4. The number of hydrogen-bond acceptors (Lipinski definition) is 3. The lowest BCUT2D eigenvalue weighted by molar-refractivity contribution is 0.480. The van der Waals surface area contributed by atoms with Crippen LogP contribution in [0.15, 0.2) is 54.6 Å². The fraction of sp³-hybridized carbons (Fsp3) is 0. The molecule has 0 aliphatic heterocycles. The molecule has 0 aliphatic rings. The molecule has 0 amide bonds. The first-order chi connectivity index (χ1) is 7.88. The van der Waals surface area contributed by atoms with Gasteiger partial charge in [0.15, 0.2) is 0 Å². The van der Waals surface area contributed by atoms with Crippen molar-refractivity contribution in [2.45, 2.75) is 0 Å². The average Bonchev–Trinajstić information content (AvgIpc) is 2.33. The molecule has 0 bridgehead atoms. The second-order valence-electron chi connectivity index (χ2n) is 3.05. The van der Waals surface area contributed by atoms with Crippen LogP contribution in [-0.4, -0.2) is 0 Å². The minimum absolute atomic E-state index is 0.356. The highest BCUT2D eigenvalue weighted by molar-refractivity contribution is 7.17. The molecule has 0 aromatic heterocycles. The van der Waals surface area contributed by atoms with E-state index in [0.717, 1.165) is 5.75 Å². The first-order valence-corrected chi connectivity index (χ1v) is 5.44. The Morgan fingerprint density at radius 2 is 1.31 bits per heavy atom. The predicted octanol–water partition coefficient (Wildman–Crippen LogP) is 4.06. The van der Waals surface area contributed by atoms with Crippen LogP contribution in [0.25, 0.3) is 0 Å². The molecule has 2 rings (SSSR count). The molecular weight excluding hydrogens is 223 g/mol. The van der Waals surface area contributed by atoms with E-state index in [0.29, 0.717) is 11.5 Å². The van der Waals surface area contributed by atoms with Crippen molar-refractivity contribution in [2.24, 2.45) is 0 Å². The molecule has 3 nitrogen and oxygen atoms in total. The van der Waals surface area contributed by atoms with E-state index < -0.39 is 0 Å². The van der Waals surface area contributed by atoms with Gasteiger partial charge in [0.05, 0.1) is 0 Å². The SMILES string of the molecule is O=POc1ccc(Oc2ccccc2)cc1. The minimum Gasteiger partial charge on any atom is -0.457 e. The molecule has 80 valence electrons. The van der Waals surface area contributed by atoms with Gasteiger partial charge in [0.1, 0.15) is 17.2 Å². The molecule has 0 saturated carbocycles. The Morgan fingerprint density at radius 1 is 0.750 bits per heavy atom. The Hall–Kier alpha value is -1.86. The molecular formula is C12H9O3P. The average molecular weight is 232 g/mol. The Balaban J connectivity index is 2.08. The van der Waals surface area contributed by atoms with Gasteiger partial charge in [-0.2, -0.15) is 0 Å². The lowest BCUT2D eigenvalue weighted by Crippen LogP contribution is -1.83. The summed E-state index contributed by atoms with van der Waals surface area (Å²) in [6, 6.07) is 16.4. The van der Waals surface area contributed by atoms with E-state index in [1.807, 2.05) is 30.3 Å². The maximum absolute atomic E-state index is 10.2. The van der Waals surface area contributed by atoms with Crippen molar-refractivity contribution in [1.29, 1.82) is 0 Å². The van der Waals surface area contributed by atoms with Gasteiger partial charge in [0.25, 0.3) is 0 Å². The normalized spacial score (nSPS) is 10.0. The summed E-state index contributed by atoms with van der Waals surface area (Å²) < 4.78 is 20.5. The van der Waals surface area contributed by atoms with Gasteiger partial charge in [0, 0.05) is 0 Å². The van der Waals surface area contributed by atoms with Crippen LogP contribution in [0.3, 0.4) is 0 Å². The molecule has 0 spiro atoms. The van der Waals surface area contributed by atoms with Crippen molar-refractivity contribution in [3.8, 4) is 17.2 Å². The molecule has 0 unspecified atom stereocenters. The molecule has 0 N–H and O–H groups in total. The molecule has 0 heterocycles. The van der Waals surface area contributed by atoms with Gasteiger partial charge in [-0.15, -0.1) is 0 Å². The zero-order chi connectivity index (χ0) is 11.2. The molecule has 0 atom stereocenters. The van der Waals surface area contributed by atoms with Crippen molar-refractivity contribution in [1.82, 2.24) is 0 Å². The lowest BCUT2D eigenvalue weighted by Gasteiger charge is -2.05. The third kappa shape index (κ3) is 2.81. The molecule has 0 aliphatic carbocycles. The quantitative estimate of drug-likeness (QED) is 0.745. The predicted molar refractivity (Wildman–Crippen MR) is 61.2 cm³/mol. The Labute approximate surface area is 94.9 Å². The first-order valence-electron chi connectivity index (χ1n) is 4.71. The summed E-state index contributed by atoms with van der Waals surface area (Å²) >= 11 is 0. The standard InChI is InChI=1S/C12H9O3P/c13-16-15-12-8-6-11(7-9-12)14-10-4-2-1-3-5-10/h1-9H. The van der Waals surface area contributed by atoms with Gasteiger partial charge < -0.3 is 9.26 Å². The van der Waals surface area contributed by atoms with Crippen LogP contribution >= 0.6 is 8.69 Å². The zero-order valence-electron chi connectivity index (χ0n) is 8.37. The molecule has 4 heteroatoms. The van der Waals surface area contributed by atoms with E-state index in [4.69, 9.17) is 9.26 Å². The number of ether oxygens (including phenoxy) is 1. The van der Waals surface area contributed by atoms with Crippen LogP contribution in [-0.2, 0) is 4.57 Å².